The summed E-state index contributed by atoms with van der Waals surface area (Å²) < 4.78 is 6.23. The molecule has 0 radical (unpaired) electrons. The Hall–Kier alpha value is -5.21. The van der Waals surface area contributed by atoms with E-state index in [2.05, 4.69) is 33.5 Å². The van der Waals surface area contributed by atoms with Crippen molar-refractivity contribution in [1.82, 2.24) is 25.0 Å². The van der Waals surface area contributed by atoms with Gasteiger partial charge in [-0.05, 0) is 92.2 Å². The van der Waals surface area contributed by atoms with E-state index >= 15 is 0 Å². The lowest BCUT2D eigenvalue weighted by Crippen LogP contribution is -2.71. The summed E-state index contributed by atoms with van der Waals surface area (Å²) in [7, 11) is 2.02. The van der Waals surface area contributed by atoms with Crippen LogP contribution in [0.4, 0.5) is 0 Å². The van der Waals surface area contributed by atoms with Crippen molar-refractivity contribution in [2.24, 2.45) is 11.7 Å². The van der Waals surface area contributed by atoms with Gasteiger partial charge in [-0.2, -0.15) is 0 Å². The number of ether oxygens (including phenoxy) is 1. The van der Waals surface area contributed by atoms with E-state index < -0.39 is 35.5 Å². The number of fused-ring (bicyclic) bond motifs is 5. The fourth-order valence-corrected chi connectivity index (χ4v) is 9.01. The molecule has 7 N–H and O–H groups in total. The lowest BCUT2D eigenvalue weighted by atomic mass is 9.79. The van der Waals surface area contributed by atoms with Crippen LogP contribution in [0.2, 0.25) is 0 Å². The Labute approximate surface area is 313 Å². The van der Waals surface area contributed by atoms with E-state index in [-0.39, 0.29) is 35.8 Å². The lowest BCUT2D eigenvalue weighted by molar-refractivity contribution is -0.315. The maximum atomic E-state index is 14.2. The van der Waals surface area contributed by atoms with E-state index in [4.69, 9.17) is 20.7 Å². The van der Waals surface area contributed by atoms with Crippen molar-refractivity contribution in [3.05, 3.63) is 101 Å². The van der Waals surface area contributed by atoms with Crippen molar-refractivity contribution >= 4 is 34.2 Å². The van der Waals surface area contributed by atoms with Gasteiger partial charge in [0.15, 0.2) is 11.5 Å². The SMILES string of the molecule is CN1C[C@H](C(=O)N[C@]2(C)O[C@@]3(O)[C@@H]4CCCN4C(=O)[C@H](Cc4ccccc4)N3C2=O)C=C2c3cccc4[nH]cc(c34)C[C@H]21.NCCc1ccc(O)c(O)c1. The van der Waals surface area contributed by atoms with Crippen molar-refractivity contribution in [3.8, 4) is 11.5 Å². The van der Waals surface area contributed by atoms with E-state index in [1.807, 2.05) is 49.5 Å². The highest BCUT2D eigenvalue weighted by atomic mass is 16.7. The van der Waals surface area contributed by atoms with Crippen molar-refractivity contribution < 1.29 is 34.4 Å². The number of rotatable bonds is 6. The smallest absolute Gasteiger partial charge is 0.280 e. The maximum absolute atomic E-state index is 14.2. The molecule has 0 saturated carbocycles. The van der Waals surface area contributed by atoms with Crippen LogP contribution in [0.5, 0.6) is 11.5 Å². The van der Waals surface area contributed by atoms with Gasteiger partial charge in [-0.15, -0.1) is 0 Å². The van der Waals surface area contributed by atoms with E-state index in [0.29, 0.717) is 38.9 Å². The minimum absolute atomic E-state index is 0.0871. The third kappa shape index (κ3) is 5.91. The number of hydrogen-bond acceptors (Lipinski definition) is 9. The van der Waals surface area contributed by atoms with Crippen LogP contribution in [0, 0.1) is 5.92 Å². The highest BCUT2D eigenvalue weighted by Gasteiger charge is 2.70. The van der Waals surface area contributed by atoms with E-state index in [1.165, 1.54) is 34.9 Å². The number of nitrogens with two attached hydrogens (primary N) is 1. The van der Waals surface area contributed by atoms with Gasteiger partial charge in [-0.3, -0.25) is 28.9 Å². The van der Waals surface area contributed by atoms with Crippen LogP contribution >= 0.6 is 0 Å². The van der Waals surface area contributed by atoms with E-state index in [0.717, 1.165) is 34.2 Å². The molecular weight excluding hydrogens is 688 g/mol. The Bertz CT molecular complexity index is 2150. The van der Waals surface area contributed by atoms with Gasteiger partial charge in [0, 0.05) is 42.7 Å². The second-order valence-electron chi connectivity index (χ2n) is 15.1. The number of aromatic amines is 1. The average molecular weight is 735 g/mol. The molecule has 13 nitrogen and oxygen atoms in total. The number of H-pyrrole nitrogens is 1. The molecule has 13 heteroatoms. The molecule has 0 bridgehead atoms. The van der Waals surface area contributed by atoms with Crippen molar-refractivity contribution in [2.45, 2.75) is 68.8 Å². The van der Waals surface area contributed by atoms with Gasteiger partial charge < -0.3 is 36.3 Å². The first-order valence-electron chi connectivity index (χ1n) is 18.6. The number of benzene rings is 3. The number of carbonyl (C=O) groups excluding carboxylic acids is 3. The number of nitrogens with zero attached hydrogens (tertiary/aromatic N) is 3. The second-order valence-corrected chi connectivity index (χ2v) is 15.1. The normalized spacial score (nSPS) is 28.6. The van der Waals surface area contributed by atoms with Gasteiger partial charge in [-0.1, -0.05) is 54.6 Å². The summed E-state index contributed by atoms with van der Waals surface area (Å²) in [5, 5.41) is 34.1. The molecule has 5 heterocycles. The van der Waals surface area contributed by atoms with Crippen molar-refractivity contribution in [2.75, 3.05) is 26.7 Å². The first-order valence-corrected chi connectivity index (χ1v) is 18.6. The number of phenolic OH excluding ortho intramolecular Hbond substituents is 2. The Morgan fingerprint density at radius 2 is 1.85 bits per heavy atom. The Morgan fingerprint density at radius 3 is 2.61 bits per heavy atom. The summed E-state index contributed by atoms with van der Waals surface area (Å²) in [6.45, 7) is 3.00. The molecule has 5 aliphatic rings. The predicted molar refractivity (Wildman–Crippen MR) is 201 cm³/mol. The Kier molecular flexibility index (Phi) is 9.00. The molecule has 9 rings (SSSR count). The van der Waals surface area contributed by atoms with Crippen LogP contribution in [0.1, 0.15) is 42.0 Å². The standard InChI is InChI=1S/C33H35N5O5.C8H11NO2/c1-32(35-29(39)21-15-23-22-10-6-11-24-28(22)20(17-34-24)16-25(23)36(2)18-21)31(41)38-26(14-19-8-4-3-5-9-19)30(40)37-13-7-12-27(37)33(38,42)43-32;9-4-3-6-1-2-7(10)8(11)5-6/h3-6,8-11,15,17,21,25-27,34,42H,7,12-14,16,18H2,1-2H3,(H,35,39);1-2,5,10-11H,3-4,9H2/t21-,25-,26+,27+,32-,33+;/m1./s1. The molecule has 54 heavy (non-hydrogen) atoms. The lowest BCUT2D eigenvalue weighted by Gasteiger charge is -2.48. The molecule has 3 amide bonds. The van der Waals surface area contributed by atoms with Gasteiger partial charge in [0.2, 0.25) is 17.5 Å². The number of aromatic nitrogens is 1. The van der Waals surface area contributed by atoms with E-state index in [9.17, 15) is 19.5 Å². The third-order valence-corrected chi connectivity index (χ3v) is 11.6. The first-order chi connectivity index (χ1) is 25.9. The topological polar surface area (TPSA) is 185 Å². The highest BCUT2D eigenvalue weighted by molar-refractivity contribution is 6.01. The fraction of sp³-hybridized carbons (Fsp3) is 0.390. The van der Waals surface area contributed by atoms with Crippen LogP contribution in [-0.2, 0) is 38.4 Å². The summed E-state index contributed by atoms with van der Waals surface area (Å²) in [4.78, 5) is 50.2. The molecule has 3 aromatic carbocycles. The van der Waals surface area contributed by atoms with Gasteiger partial charge in [0.05, 0.1) is 5.92 Å². The van der Waals surface area contributed by atoms with Gasteiger partial charge >= 0.3 is 0 Å². The molecule has 282 valence electrons. The largest absolute Gasteiger partial charge is 0.504 e. The molecular formula is C41H46N6O7. The zero-order chi connectivity index (χ0) is 37.9. The van der Waals surface area contributed by atoms with Gasteiger partial charge in [0.25, 0.3) is 11.8 Å². The zero-order valence-electron chi connectivity index (χ0n) is 30.4. The molecule has 3 saturated heterocycles. The molecule has 1 aliphatic carbocycles. The molecule has 0 spiro atoms. The van der Waals surface area contributed by atoms with Crippen LogP contribution in [0.15, 0.2) is 79.0 Å². The molecule has 4 aliphatic heterocycles. The van der Waals surface area contributed by atoms with Crippen LogP contribution in [0.3, 0.4) is 0 Å². The van der Waals surface area contributed by atoms with Gasteiger partial charge in [-0.25, -0.2) is 0 Å². The van der Waals surface area contributed by atoms with Crippen LogP contribution in [0.25, 0.3) is 16.5 Å². The zero-order valence-corrected chi connectivity index (χ0v) is 30.4. The summed E-state index contributed by atoms with van der Waals surface area (Å²) in [6, 6.07) is 18.8. The monoisotopic (exact) mass is 734 g/mol. The number of aliphatic hydroxyl groups is 1. The molecule has 4 aromatic rings. The quantitative estimate of drug-likeness (QED) is 0.162. The minimum Gasteiger partial charge on any atom is -0.504 e. The average Bonchev–Trinajstić information content (AvgIpc) is 3.87. The number of aromatic hydroxyl groups is 2. The number of nitrogens with one attached hydrogen (secondary N) is 2. The molecule has 6 atom stereocenters. The summed E-state index contributed by atoms with van der Waals surface area (Å²) in [5.41, 5.74) is 9.82. The third-order valence-electron chi connectivity index (χ3n) is 11.6. The number of amides is 3. The summed E-state index contributed by atoms with van der Waals surface area (Å²) in [5.74, 6) is -3.95. The fourth-order valence-electron chi connectivity index (χ4n) is 9.01. The number of phenols is 2. The van der Waals surface area contributed by atoms with Crippen molar-refractivity contribution in [1.29, 1.82) is 0 Å². The number of piperazine rings is 1. The maximum Gasteiger partial charge on any atom is 0.280 e. The first kappa shape index (κ1) is 35.8. The van der Waals surface area contributed by atoms with Crippen LogP contribution < -0.4 is 11.1 Å². The molecule has 1 aromatic heterocycles. The second kappa shape index (κ2) is 13.6. The Morgan fingerprint density at radius 1 is 1.06 bits per heavy atom. The highest BCUT2D eigenvalue weighted by Crippen LogP contribution is 2.46. The number of carbonyl (C=O) groups is 3. The minimum atomic E-state index is -2.04. The summed E-state index contributed by atoms with van der Waals surface area (Å²) >= 11 is 0. The molecule has 3 fully saturated rings. The molecule has 0 unspecified atom stereocenters. The van der Waals surface area contributed by atoms with Crippen LogP contribution in [-0.4, -0.2) is 109 Å². The Balaban J connectivity index is 0.000000325. The van der Waals surface area contributed by atoms with E-state index in [1.54, 1.807) is 11.0 Å². The van der Waals surface area contributed by atoms with Gasteiger partial charge in [0.1, 0.15) is 12.1 Å². The predicted octanol–water partition coefficient (Wildman–Crippen LogP) is 2.59. The number of likely N-dealkylation sites (N-methyl/N-ethyl adjacent to an activating group) is 1. The number of hydrogen-bond donors (Lipinski definition) is 6. The van der Waals surface area contributed by atoms with Crippen molar-refractivity contribution in [3.63, 3.8) is 0 Å². The summed E-state index contributed by atoms with van der Waals surface area (Å²) in [6.07, 6.45) is 7.10.